The Bertz CT molecular complexity index is 556. The first kappa shape index (κ1) is 15.1. The Labute approximate surface area is 119 Å². The molecule has 7 heteroatoms. The van der Waals surface area contributed by atoms with Crippen molar-refractivity contribution in [3.8, 4) is 11.5 Å². The third kappa shape index (κ3) is 3.84. The van der Waals surface area contributed by atoms with Crippen LogP contribution in [0.2, 0.25) is 0 Å². The summed E-state index contributed by atoms with van der Waals surface area (Å²) in [5, 5.41) is 0. The highest BCUT2D eigenvalue weighted by molar-refractivity contribution is 7.89. The van der Waals surface area contributed by atoms with Crippen molar-refractivity contribution in [3.05, 3.63) is 18.2 Å². The molecule has 0 bridgehead atoms. The number of fused-ring (bicyclic) bond motifs is 1. The lowest BCUT2D eigenvalue weighted by Crippen LogP contribution is -2.25. The van der Waals surface area contributed by atoms with Crippen LogP contribution in [0.1, 0.15) is 20.3 Å². The summed E-state index contributed by atoms with van der Waals surface area (Å²) in [6.45, 7) is 5.25. The van der Waals surface area contributed by atoms with Gasteiger partial charge in [0.1, 0.15) is 0 Å². The van der Waals surface area contributed by atoms with E-state index < -0.39 is 10.0 Å². The Kier molecular flexibility index (Phi) is 4.85. The van der Waals surface area contributed by atoms with E-state index in [-0.39, 0.29) is 10.8 Å². The molecule has 1 N–H and O–H groups in total. The van der Waals surface area contributed by atoms with Gasteiger partial charge in [-0.2, -0.15) is 0 Å². The van der Waals surface area contributed by atoms with E-state index >= 15 is 0 Å². The summed E-state index contributed by atoms with van der Waals surface area (Å²) in [6.07, 6.45) is 0.770. The average molecular weight is 301 g/mol. The van der Waals surface area contributed by atoms with Gasteiger partial charge in [-0.05, 0) is 18.1 Å². The third-order valence-corrected chi connectivity index (χ3v) is 3.83. The molecule has 0 fully saturated rings. The fourth-order valence-corrected chi connectivity index (χ4v) is 2.47. The van der Waals surface area contributed by atoms with Gasteiger partial charge in [-0.3, -0.25) is 4.84 Å². The molecule has 1 aromatic rings. The first-order chi connectivity index (χ1) is 9.49. The van der Waals surface area contributed by atoms with Crippen LogP contribution in [0.5, 0.6) is 11.5 Å². The number of nitrogens with one attached hydrogen (secondary N) is 1. The Morgan fingerprint density at radius 3 is 2.65 bits per heavy atom. The lowest BCUT2D eigenvalue weighted by atomic mass is 10.2. The highest BCUT2D eigenvalue weighted by Gasteiger charge is 2.19. The van der Waals surface area contributed by atoms with Crippen molar-refractivity contribution >= 4 is 10.0 Å². The number of sulfonamides is 1. The molecule has 2 rings (SSSR count). The minimum atomic E-state index is -3.71. The first-order valence-corrected chi connectivity index (χ1v) is 8.00. The molecule has 6 nitrogen and oxygen atoms in total. The smallest absolute Gasteiger partial charge is 0.262 e. The van der Waals surface area contributed by atoms with Gasteiger partial charge in [0.15, 0.2) is 11.5 Å². The fourth-order valence-electron chi connectivity index (χ4n) is 1.64. The van der Waals surface area contributed by atoms with Crippen LogP contribution < -0.4 is 14.4 Å². The van der Waals surface area contributed by atoms with Gasteiger partial charge in [-0.1, -0.05) is 18.7 Å². The number of hydrogen-bond acceptors (Lipinski definition) is 5. The summed E-state index contributed by atoms with van der Waals surface area (Å²) in [7, 11) is -3.71. The lowest BCUT2D eigenvalue weighted by molar-refractivity contribution is 0.0718. The van der Waals surface area contributed by atoms with Gasteiger partial charge in [0.2, 0.25) is 0 Å². The Hall–Kier alpha value is -1.31. The second-order valence-corrected chi connectivity index (χ2v) is 6.60. The molecular formula is C13H19NO5S. The molecule has 1 aromatic carbocycles. The van der Waals surface area contributed by atoms with Crippen LogP contribution in [0.3, 0.4) is 0 Å². The van der Waals surface area contributed by atoms with Crippen molar-refractivity contribution in [2.45, 2.75) is 25.2 Å². The molecule has 0 aliphatic carbocycles. The molecule has 0 radical (unpaired) electrons. The van der Waals surface area contributed by atoms with Gasteiger partial charge in [0, 0.05) is 12.5 Å². The molecule has 1 heterocycles. The zero-order chi connectivity index (χ0) is 14.6. The van der Waals surface area contributed by atoms with E-state index in [1.54, 1.807) is 6.07 Å². The van der Waals surface area contributed by atoms with Crippen molar-refractivity contribution in [2.24, 2.45) is 5.92 Å². The maximum absolute atomic E-state index is 12.1. The molecule has 1 aliphatic rings. The molecule has 0 aromatic heterocycles. The highest BCUT2D eigenvalue weighted by atomic mass is 32.2. The van der Waals surface area contributed by atoms with Crippen LogP contribution in [0.15, 0.2) is 23.1 Å². The van der Waals surface area contributed by atoms with Gasteiger partial charge < -0.3 is 9.47 Å². The van der Waals surface area contributed by atoms with E-state index in [9.17, 15) is 8.42 Å². The number of benzene rings is 1. The third-order valence-electron chi connectivity index (χ3n) is 2.61. The summed E-state index contributed by atoms with van der Waals surface area (Å²) in [4.78, 5) is 7.17. The van der Waals surface area contributed by atoms with Crippen LogP contribution in [-0.4, -0.2) is 28.2 Å². The topological polar surface area (TPSA) is 73.9 Å². The second-order valence-electron chi connectivity index (χ2n) is 4.95. The van der Waals surface area contributed by atoms with Crippen LogP contribution >= 0.6 is 0 Å². The predicted molar refractivity (Wildman–Crippen MR) is 73.2 cm³/mol. The molecule has 0 saturated heterocycles. The van der Waals surface area contributed by atoms with Crippen molar-refractivity contribution in [2.75, 3.05) is 19.8 Å². The van der Waals surface area contributed by atoms with E-state index in [2.05, 4.69) is 4.89 Å². The summed E-state index contributed by atoms with van der Waals surface area (Å²) in [6, 6.07) is 4.51. The van der Waals surface area contributed by atoms with Crippen LogP contribution in [0.4, 0.5) is 0 Å². The van der Waals surface area contributed by atoms with Gasteiger partial charge >= 0.3 is 0 Å². The van der Waals surface area contributed by atoms with Crippen molar-refractivity contribution < 1.29 is 22.7 Å². The number of ether oxygens (including phenoxy) is 2. The van der Waals surface area contributed by atoms with Crippen molar-refractivity contribution in [1.29, 1.82) is 0 Å². The number of hydrogen-bond donors (Lipinski definition) is 1. The Morgan fingerprint density at radius 1 is 1.25 bits per heavy atom. The van der Waals surface area contributed by atoms with E-state index in [4.69, 9.17) is 14.3 Å². The fraction of sp³-hybridized carbons (Fsp3) is 0.538. The average Bonchev–Trinajstić information content (AvgIpc) is 2.62. The molecule has 112 valence electrons. The molecule has 20 heavy (non-hydrogen) atoms. The molecular weight excluding hydrogens is 282 g/mol. The quantitative estimate of drug-likeness (QED) is 0.838. The van der Waals surface area contributed by atoms with Crippen LogP contribution in [-0.2, 0) is 14.9 Å². The van der Waals surface area contributed by atoms with E-state index in [0.717, 1.165) is 6.42 Å². The molecule has 0 unspecified atom stereocenters. The zero-order valence-electron chi connectivity index (χ0n) is 11.6. The Morgan fingerprint density at radius 2 is 1.95 bits per heavy atom. The van der Waals surface area contributed by atoms with Gasteiger partial charge in [0.25, 0.3) is 10.0 Å². The van der Waals surface area contributed by atoms with Gasteiger partial charge in [-0.15, -0.1) is 0 Å². The maximum Gasteiger partial charge on any atom is 0.262 e. The molecule has 0 atom stereocenters. The first-order valence-electron chi connectivity index (χ1n) is 6.52. The monoisotopic (exact) mass is 301 g/mol. The summed E-state index contributed by atoms with van der Waals surface area (Å²) in [5.41, 5.74) is 0. The SMILES string of the molecule is CC(C)CONS(=O)(=O)c1ccc2c(c1)OCCCO2. The zero-order valence-corrected chi connectivity index (χ0v) is 12.4. The number of rotatable bonds is 5. The Balaban J connectivity index is 2.13. The van der Waals surface area contributed by atoms with Gasteiger partial charge in [0.05, 0.1) is 24.7 Å². The second kappa shape index (κ2) is 6.43. The van der Waals surface area contributed by atoms with E-state index in [1.165, 1.54) is 12.1 Å². The lowest BCUT2D eigenvalue weighted by Gasteiger charge is -2.11. The predicted octanol–water partition coefficient (Wildman–Crippen LogP) is 1.71. The molecule has 0 spiro atoms. The summed E-state index contributed by atoms with van der Waals surface area (Å²) >= 11 is 0. The highest BCUT2D eigenvalue weighted by Crippen LogP contribution is 2.31. The van der Waals surface area contributed by atoms with Crippen LogP contribution in [0, 0.1) is 5.92 Å². The molecule has 0 amide bonds. The van der Waals surface area contributed by atoms with Crippen molar-refractivity contribution in [1.82, 2.24) is 4.89 Å². The van der Waals surface area contributed by atoms with E-state index in [0.29, 0.717) is 31.3 Å². The standard InChI is InChI=1S/C13H19NO5S/c1-10(2)9-19-14-20(15,16)11-4-5-12-13(8-11)18-7-3-6-17-12/h4-5,8,10,14H,3,6-7,9H2,1-2H3. The molecule has 0 saturated carbocycles. The minimum absolute atomic E-state index is 0.0884. The molecule has 1 aliphatic heterocycles. The van der Waals surface area contributed by atoms with Gasteiger partial charge in [-0.25, -0.2) is 8.42 Å². The summed E-state index contributed by atoms with van der Waals surface area (Å²) in [5.74, 6) is 1.24. The normalized spacial score (nSPS) is 15.2. The van der Waals surface area contributed by atoms with Crippen molar-refractivity contribution in [3.63, 3.8) is 0 Å². The van der Waals surface area contributed by atoms with Crippen LogP contribution in [0.25, 0.3) is 0 Å². The summed E-state index contributed by atoms with van der Waals surface area (Å²) < 4.78 is 35.0. The minimum Gasteiger partial charge on any atom is -0.490 e. The maximum atomic E-state index is 12.1. The largest absolute Gasteiger partial charge is 0.490 e. The van der Waals surface area contributed by atoms with E-state index in [1.807, 2.05) is 13.8 Å².